The molecule has 1 amide bonds. The van der Waals surface area contributed by atoms with Crippen LogP contribution in [0.5, 0.6) is 0 Å². The van der Waals surface area contributed by atoms with Crippen LogP contribution in [0.25, 0.3) is 0 Å². The number of sulfonamides is 1. The van der Waals surface area contributed by atoms with E-state index in [-0.39, 0.29) is 18.5 Å². The van der Waals surface area contributed by atoms with Gasteiger partial charge in [0.15, 0.2) is 0 Å². The normalized spacial score (nSPS) is 24.4. The summed E-state index contributed by atoms with van der Waals surface area (Å²) in [7, 11) is -3.26. The van der Waals surface area contributed by atoms with E-state index in [2.05, 4.69) is 10.0 Å². The van der Waals surface area contributed by atoms with Gasteiger partial charge in [0.2, 0.25) is 10.0 Å². The first-order valence-electron chi connectivity index (χ1n) is 7.45. The zero-order valence-electron chi connectivity index (χ0n) is 12.4. The number of rotatable bonds is 4. The van der Waals surface area contributed by atoms with Crippen LogP contribution in [-0.4, -0.2) is 31.7 Å². The highest BCUT2D eigenvalue weighted by atomic mass is 32.2. The molecule has 1 spiro atoms. The van der Waals surface area contributed by atoms with E-state index in [4.69, 9.17) is 0 Å². The minimum absolute atomic E-state index is 0.222. The number of amides is 1. The Labute approximate surface area is 129 Å². The molecule has 5 nitrogen and oxygen atoms in total. The van der Waals surface area contributed by atoms with E-state index >= 15 is 0 Å². The topological polar surface area (TPSA) is 75.3 Å². The highest BCUT2D eigenvalue weighted by Crippen LogP contribution is 2.50. The van der Waals surface area contributed by atoms with E-state index in [0.29, 0.717) is 31.2 Å². The third-order valence-corrected chi connectivity index (χ3v) is 6.88. The van der Waals surface area contributed by atoms with Crippen molar-refractivity contribution in [3.8, 4) is 0 Å². The Bertz CT molecular complexity index is 713. The molecule has 2 aliphatic rings. The summed E-state index contributed by atoms with van der Waals surface area (Å²) in [4.78, 5) is 12.2. The average molecular weight is 326 g/mol. The summed E-state index contributed by atoms with van der Waals surface area (Å²) in [6.45, 7) is 2.12. The Balaban J connectivity index is 1.65. The highest BCUT2D eigenvalue weighted by Gasteiger charge is 2.60. The highest BCUT2D eigenvalue weighted by molar-refractivity contribution is 7.91. The number of carbonyl (C=O) groups is 1. The van der Waals surface area contributed by atoms with Gasteiger partial charge in [-0.25, -0.2) is 17.5 Å². The summed E-state index contributed by atoms with van der Waals surface area (Å²) in [5, 5.41) is 2.71. The molecule has 1 aliphatic carbocycles. The van der Waals surface area contributed by atoms with Crippen LogP contribution in [0, 0.1) is 5.82 Å². The summed E-state index contributed by atoms with van der Waals surface area (Å²) < 4.78 is 39.2. The number of nitrogens with one attached hydrogen (secondary N) is 2. The van der Waals surface area contributed by atoms with Crippen LogP contribution in [0.15, 0.2) is 18.2 Å². The monoisotopic (exact) mass is 326 g/mol. The van der Waals surface area contributed by atoms with E-state index in [9.17, 15) is 17.6 Å². The molecule has 3 rings (SSSR count). The van der Waals surface area contributed by atoms with Crippen molar-refractivity contribution < 1.29 is 17.6 Å². The van der Waals surface area contributed by atoms with E-state index in [0.717, 1.165) is 5.56 Å². The van der Waals surface area contributed by atoms with Crippen LogP contribution in [0.4, 0.5) is 4.39 Å². The van der Waals surface area contributed by atoms with Crippen LogP contribution in [0.2, 0.25) is 0 Å². The molecule has 2 fully saturated rings. The van der Waals surface area contributed by atoms with Crippen molar-refractivity contribution in [1.29, 1.82) is 0 Å². The van der Waals surface area contributed by atoms with Crippen molar-refractivity contribution >= 4 is 15.9 Å². The molecule has 1 aromatic rings. The average Bonchev–Trinajstić information content (AvgIpc) is 3.20. The summed E-state index contributed by atoms with van der Waals surface area (Å²) in [6.07, 6.45) is 2.54. The van der Waals surface area contributed by atoms with Gasteiger partial charge in [-0.05, 0) is 43.4 Å². The van der Waals surface area contributed by atoms with E-state index < -0.39 is 20.6 Å². The van der Waals surface area contributed by atoms with Crippen molar-refractivity contribution in [3.63, 3.8) is 0 Å². The first-order chi connectivity index (χ1) is 10.4. The predicted octanol–water partition coefficient (Wildman–Crippen LogP) is 1.34. The molecule has 1 unspecified atom stereocenters. The molecular formula is C15H19FN2O3S. The summed E-state index contributed by atoms with van der Waals surface area (Å²) in [5.41, 5.74) is 1.08. The standard InChI is InChI=1S/C15H19FN2O3S/c1-2-10-3-4-11(16)7-13(10)14(19)17-9-12-8-15(5-6-15)22(20,21)18-12/h3-4,7,12,18H,2,5-6,8-9H2,1H3,(H,17,19). The molecule has 1 heterocycles. The van der Waals surface area contributed by atoms with Gasteiger partial charge in [-0.1, -0.05) is 13.0 Å². The molecule has 1 saturated carbocycles. The zero-order chi connectivity index (χ0) is 16.0. The maximum atomic E-state index is 13.3. The molecule has 1 saturated heterocycles. The quantitative estimate of drug-likeness (QED) is 0.877. The molecule has 7 heteroatoms. The molecular weight excluding hydrogens is 307 g/mol. The first-order valence-corrected chi connectivity index (χ1v) is 8.94. The lowest BCUT2D eigenvalue weighted by Crippen LogP contribution is -2.38. The lowest BCUT2D eigenvalue weighted by atomic mass is 10.0. The minimum atomic E-state index is -3.26. The maximum absolute atomic E-state index is 13.3. The third kappa shape index (κ3) is 2.63. The van der Waals surface area contributed by atoms with Gasteiger partial charge in [0.1, 0.15) is 5.82 Å². The van der Waals surface area contributed by atoms with Gasteiger partial charge in [0.25, 0.3) is 5.91 Å². The van der Waals surface area contributed by atoms with Gasteiger partial charge in [-0.2, -0.15) is 0 Å². The summed E-state index contributed by atoms with van der Waals surface area (Å²) in [5.74, 6) is -0.826. The SMILES string of the molecule is CCc1ccc(F)cc1C(=O)NCC1CC2(CC2)S(=O)(=O)N1. The van der Waals surface area contributed by atoms with Crippen LogP contribution in [0.3, 0.4) is 0 Å². The van der Waals surface area contributed by atoms with Crippen LogP contribution < -0.4 is 10.0 Å². The van der Waals surface area contributed by atoms with E-state index in [1.54, 1.807) is 6.07 Å². The van der Waals surface area contributed by atoms with Crippen molar-refractivity contribution in [2.24, 2.45) is 0 Å². The van der Waals surface area contributed by atoms with Gasteiger partial charge in [-0.3, -0.25) is 4.79 Å². The molecule has 120 valence electrons. The minimum Gasteiger partial charge on any atom is -0.350 e. The second kappa shape index (κ2) is 5.31. The number of hydrogen-bond donors (Lipinski definition) is 2. The predicted molar refractivity (Wildman–Crippen MR) is 80.5 cm³/mol. The lowest BCUT2D eigenvalue weighted by molar-refractivity contribution is 0.0949. The molecule has 1 aliphatic heterocycles. The van der Waals surface area contributed by atoms with Gasteiger partial charge in [0, 0.05) is 18.2 Å². The third-order valence-electron chi connectivity index (χ3n) is 4.52. The fourth-order valence-corrected chi connectivity index (χ4v) is 4.97. The molecule has 0 aromatic heterocycles. The molecule has 1 atom stereocenters. The second-order valence-electron chi connectivity index (χ2n) is 6.07. The molecule has 1 aromatic carbocycles. The largest absolute Gasteiger partial charge is 0.350 e. The van der Waals surface area contributed by atoms with Crippen molar-refractivity contribution in [2.45, 2.75) is 43.4 Å². The zero-order valence-corrected chi connectivity index (χ0v) is 13.2. The van der Waals surface area contributed by atoms with Crippen LogP contribution in [0.1, 0.15) is 42.1 Å². The summed E-state index contributed by atoms with van der Waals surface area (Å²) >= 11 is 0. The first kappa shape index (κ1) is 15.4. The van der Waals surface area contributed by atoms with E-state index in [1.165, 1.54) is 12.1 Å². The smallest absolute Gasteiger partial charge is 0.251 e. The van der Waals surface area contributed by atoms with Gasteiger partial charge in [-0.15, -0.1) is 0 Å². The molecule has 22 heavy (non-hydrogen) atoms. The van der Waals surface area contributed by atoms with Crippen molar-refractivity contribution in [1.82, 2.24) is 10.0 Å². The number of carbonyl (C=O) groups excluding carboxylic acids is 1. The Kier molecular flexibility index (Phi) is 3.72. The van der Waals surface area contributed by atoms with Gasteiger partial charge in [0.05, 0.1) is 4.75 Å². The lowest BCUT2D eigenvalue weighted by Gasteiger charge is -2.12. The Morgan fingerprint density at radius 2 is 2.18 bits per heavy atom. The van der Waals surface area contributed by atoms with Crippen LogP contribution in [-0.2, 0) is 16.4 Å². The fourth-order valence-electron chi connectivity index (χ4n) is 3.05. The van der Waals surface area contributed by atoms with Crippen molar-refractivity contribution in [3.05, 3.63) is 35.1 Å². The molecule has 0 bridgehead atoms. The number of halogens is 1. The Hall–Kier alpha value is -1.47. The molecule has 2 N–H and O–H groups in total. The van der Waals surface area contributed by atoms with Gasteiger partial charge >= 0.3 is 0 Å². The van der Waals surface area contributed by atoms with Gasteiger partial charge < -0.3 is 5.32 Å². The number of hydrogen-bond acceptors (Lipinski definition) is 3. The fraction of sp³-hybridized carbons (Fsp3) is 0.533. The van der Waals surface area contributed by atoms with Crippen molar-refractivity contribution in [2.75, 3.05) is 6.54 Å². The maximum Gasteiger partial charge on any atom is 0.251 e. The Morgan fingerprint density at radius 1 is 1.45 bits per heavy atom. The number of benzene rings is 1. The second-order valence-corrected chi connectivity index (χ2v) is 8.18. The number of aryl methyl sites for hydroxylation is 1. The molecule has 0 radical (unpaired) electrons. The summed E-state index contributed by atoms with van der Waals surface area (Å²) in [6, 6.07) is 3.87. The van der Waals surface area contributed by atoms with E-state index in [1.807, 2.05) is 6.92 Å². The van der Waals surface area contributed by atoms with Crippen LogP contribution >= 0.6 is 0 Å². The Morgan fingerprint density at radius 3 is 2.77 bits per heavy atom.